The molecular weight excluding hydrogens is 376 g/mol. The maximum Gasteiger partial charge on any atom is 0.285 e. The van der Waals surface area contributed by atoms with Gasteiger partial charge in [0, 0.05) is 37.2 Å². The second kappa shape index (κ2) is 6.55. The van der Waals surface area contributed by atoms with Crippen molar-refractivity contribution in [2.24, 2.45) is 10.3 Å². The highest BCUT2D eigenvalue weighted by atomic mass is 32.2. The van der Waals surface area contributed by atoms with Gasteiger partial charge in [0.25, 0.3) is 15.6 Å². The highest BCUT2D eigenvalue weighted by molar-refractivity contribution is 7.90. The number of rotatable bonds is 3. The van der Waals surface area contributed by atoms with Crippen molar-refractivity contribution in [1.29, 1.82) is 0 Å². The van der Waals surface area contributed by atoms with Crippen LogP contribution in [-0.4, -0.2) is 41.8 Å². The minimum absolute atomic E-state index is 0.0273. The second-order valence-corrected chi connectivity index (χ2v) is 9.47. The monoisotopic (exact) mass is 398 g/mol. The number of amidine groups is 1. The topological polar surface area (TPSA) is 84.6 Å². The Morgan fingerprint density at radius 2 is 1.82 bits per heavy atom. The lowest BCUT2D eigenvalue weighted by atomic mass is 9.96. The van der Waals surface area contributed by atoms with Crippen LogP contribution in [0.15, 0.2) is 50.7 Å². The van der Waals surface area contributed by atoms with E-state index < -0.39 is 10.0 Å². The summed E-state index contributed by atoms with van der Waals surface area (Å²) in [4.78, 5) is 19.2. The Morgan fingerprint density at radius 3 is 2.54 bits per heavy atom. The fraction of sp³-hybridized carbons (Fsp3) is 0.450. The molecule has 1 aromatic carbocycles. The minimum atomic E-state index is -3.59. The van der Waals surface area contributed by atoms with Gasteiger partial charge in [-0.05, 0) is 43.7 Å². The molecular formula is C20H22N4O3S. The molecule has 2 aliphatic heterocycles. The minimum Gasteiger partial charge on any atom is -0.355 e. The number of piperidine rings is 1. The first-order valence-corrected chi connectivity index (χ1v) is 11.2. The summed E-state index contributed by atoms with van der Waals surface area (Å²) >= 11 is 0. The van der Waals surface area contributed by atoms with Gasteiger partial charge in [-0.15, -0.1) is 4.40 Å². The van der Waals surface area contributed by atoms with Gasteiger partial charge in [-0.1, -0.05) is 12.1 Å². The van der Waals surface area contributed by atoms with Crippen LogP contribution < -0.4 is 5.56 Å². The summed E-state index contributed by atoms with van der Waals surface area (Å²) in [6, 6.07) is 8.67. The Bertz CT molecular complexity index is 1110. The van der Waals surface area contributed by atoms with Crippen molar-refractivity contribution in [3.63, 3.8) is 0 Å². The molecule has 8 heteroatoms. The predicted octanol–water partition coefficient (Wildman–Crippen LogP) is 1.98. The summed E-state index contributed by atoms with van der Waals surface area (Å²) in [7, 11) is -3.59. The van der Waals surface area contributed by atoms with Crippen molar-refractivity contribution in [1.82, 2.24) is 14.5 Å². The van der Waals surface area contributed by atoms with Crippen LogP contribution >= 0.6 is 0 Å². The van der Waals surface area contributed by atoms with E-state index in [4.69, 9.17) is 0 Å². The van der Waals surface area contributed by atoms with Crippen LogP contribution in [0.4, 0.5) is 0 Å². The van der Waals surface area contributed by atoms with Gasteiger partial charge >= 0.3 is 0 Å². The molecule has 146 valence electrons. The number of nitrogens with zero attached hydrogens (tertiary/aromatic N) is 4. The first kappa shape index (κ1) is 17.6. The SMILES string of the molecule is O=c1cc(C2CC2)ncn1CC1CCN(C2=NS(=O)(=O)c3ccccc32)CC1. The molecule has 0 unspecified atom stereocenters. The van der Waals surface area contributed by atoms with Crippen LogP contribution in [0.1, 0.15) is 42.9 Å². The first-order chi connectivity index (χ1) is 13.5. The quantitative estimate of drug-likeness (QED) is 0.789. The maximum atomic E-state index is 12.4. The Kier molecular flexibility index (Phi) is 4.12. The molecule has 28 heavy (non-hydrogen) atoms. The Morgan fingerprint density at radius 1 is 1.07 bits per heavy atom. The van der Waals surface area contributed by atoms with E-state index in [1.165, 1.54) is 0 Å². The zero-order valence-corrected chi connectivity index (χ0v) is 16.3. The van der Waals surface area contributed by atoms with Crippen LogP contribution in [0.2, 0.25) is 0 Å². The summed E-state index contributed by atoms with van der Waals surface area (Å²) in [6.45, 7) is 2.12. The molecule has 5 rings (SSSR count). The molecule has 0 N–H and O–H groups in total. The predicted molar refractivity (Wildman–Crippen MR) is 105 cm³/mol. The molecule has 1 saturated carbocycles. The van der Waals surface area contributed by atoms with Gasteiger partial charge in [0.1, 0.15) is 4.90 Å². The maximum absolute atomic E-state index is 12.4. The molecule has 0 atom stereocenters. The number of aromatic nitrogens is 2. The number of benzene rings is 1. The fourth-order valence-electron chi connectivity index (χ4n) is 4.10. The summed E-state index contributed by atoms with van der Waals surface area (Å²) < 4.78 is 30.3. The number of hydrogen-bond acceptors (Lipinski definition) is 5. The van der Waals surface area contributed by atoms with E-state index in [0.717, 1.165) is 44.5 Å². The second-order valence-electron chi connectivity index (χ2n) is 7.90. The van der Waals surface area contributed by atoms with Crippen molar-refractivity contribution in [2.75, 3.05) is 13.1 Å². The van der Waals surface area contributed by atoms with Gasteiger partial charge in [0.2, 0.25) is 0 Å². The van der Waals surface area contributed by atoms with Crippen LogP contribution in [0.25, 0.3) is 0 Å². The molecule has 0 bridgehead atoms. The molecule has 0 amide bonds. The smallest absolute Gasteiger partial charge is 0.285 e. The number of fused-ring (bicyclic) bond motifs is 1. The van der Waals surface area contributed by atoms with E-state index in [9.17, 15) is 13.2 Å². The highest BCUT2D eigenvalue weighted by Crippen LogP contribution is 2.38. The van der Waals surface area contributed by atoms with Gasteiger partial charge in [0.05, 0.1) is 12.0 Å². The molecule has 0 radical (unpaired) electrons. The van der Waals surface area contributed by atoms with Gasteiger partial charge in [-0.2, -0.15) is 8.42 Å². The molecule has 0 spiro atoms. The Hall–Kier alpha value is -2.48. The van der Waals surface area contributed by atoms with Crippen molar-refractivity contribution >= 4 is 15.9 Å². The molecule has 7 nitrogen and oxygen atoms in total. The highest BCUT2D eigenvalue weighted by Gasteiger charge is 2.33. The zero-order chi connectivity index (χ0) is 19.3. The van der Waals surface area contributed by atoms with Gasteiger partial charge in [-0.25, -0.2) is 4.98 Å². The van der Waals surface area contributed by atoms with Crippen molar-refractivity contribution in [3.8, 4) is 0 Å². The summed E-state index contributed by atoms with van der Waals surface area (Å²) in [5.74, 6) is 1.41. The van der Waals surface area contributed by atoms with E-state index in [-0.39, 0.29) is 5.56 Å². The van der Waals surface area contributed by atoms with E-state index in [0.29, 0.717) is 34.7 Å². The number of likely N-dealkylation sites (tertiary alicyclic amines) is 1. The third-order valence-electron chi connectivity index (χ3n) is 5.88. The average Bonchev–Trinajstić information content (AvgIpc) is 3.50. The van der Waals surface area contributed by atoms with E-state index in [1.807, 2.05) is 12.1 Å². The molecule has 3 aliphatic rings. The molecule has 1 aromatic heterocycles. The normalized spacial score (nSPS) is 21.4. The van der Waals surface area contributed by atoms with Crippen LogP contribution in [0, 0.1) is 5.92 Å². The summed E-state index contributed by atoms with van der Waals surface area (Å²) in [6.07, 6.45) is 5.73. The Labute approximate surface area is 163 Å². The molecule has 3 heterocycles. The molecule has 2 aromatic rings. The van der Waals surface area contributed by atoms with Crippen LogP contribution in [-0.2, 0) is 16.6 Å². The van der Waals surface area contributed by atoms with Gasteiger partial charge < -0.3 is 4.90 Å². The molecule has 2 fully saturated rings. The first-order valence-electron chi connectivity index (χ1n) is 9.77. The fourth-order valence-corrected chi connectivity index (χ4v) is 5.33. The number of hydrogen-bond donors (Lipinski definition) is 0. The average molecular weight is 398 g/mol. The zero-order valence-electron chi connectivity index (χ0n) is 15.5. The van der Waals surface area contributed by atoms with E-state index >= 15 is 0 Å². The lowest BCUT2D eigenvalue weighted by molar-refractivity contribution is 0.244. The van der Waals surface area contributed by atoms with Crippen molar-refractivity contribution in [2.45, 2.75) is 43.0 Å². The van der Waals surface area contributed by atoms with Gasteiger partial charge in [0.15, 0.2) is 5.84 Å². The summed E-state index contributed by atoms with van der Waals surface area (Å²) in [5.41, 5.74) is 1.65. The van der Waals surface area contributed by atoms with E-state index in [2.05, 4.69) is 14.3 Å². The third kappa shape index (κ3) is 3.15. The molecule has 1 saturated heterocycles. The Balaban J connectivity index is 1.27. The lowest BCUT2D eigenvalue weighted by Gasteiger charge is -2.33. The van der Waals surface area contributed by atoms with Gasteiger partial charge in [-0.3, -0.25) is 9.36 Å². The van der Waals surface area contributed by atoms with Crippen molar-refractivity contribution < 1.29 is 8.42 Å². The van der Waals surface area contributed by atoms with Crippen molar-refractivity contribution in [3.05, 3.63) is 58.3 Å². The van der Waals surface area contributed by atoms with Crippen LogP contribution in [0.3, 0.4) is 0 Å². The molecule has 1 aliphatic carbocycles. The lowest BCUT2D eigenvalue weighted by Crippen LogP contribution is -2.40. The van der Waals surface area contributed by atoms with E-state index in [1.54, 1.807) is 29.1 Å². The standard InChI is InChI=1S/C20H22N4O3S/c25-19-11-17(15-5-6-15)21-13-24(19)12-14-7-9-23(10-8-14)20-16-3-1-2-4-18(16)28(26,27)22-20/h1-4,11,13-15H,5-10,12H2. The number of sulfonamides is 1. The largest absolute Gasteiger partial charge is 0.355 e. The third-order valence-corrected chi connectivity index (χ3v) is 7.20. The van der Waals surface area contributed by atoms with Crippen LogP contribution in [0.5, 0.6) is 0 Å². The summed E-state index contributed by atoms with van der Waals surface area (Å²) in [5, 5.41) is 0.